The highest BCUT2D eigenvalue weighted by atomic mass is 35.5. The molecule has 1 saturated heterocycles. The average molecular weight is 681 g/mol. The fourth-order valence-electron chi connectivity index (χ4n) is 5.21. The van der Waals surface area contributed by atoms with Crippen LogP contribution in [-0.2, 0) is 20.6 Å². The highest BCUT2D eigenvalue weighted by Crippen LogP contribution is 2.54. The summed E-state index contributed by atoms with van der Waals surface area (Å²) in [6.45, 7) is -0.438. The Labute approximate surface area is 265 Å². The van der Waals surface area contributed by atoms with Crippen molar-refractivity contribution < 1.29 is 32.3 Å². The van der Waals surface area contributed by atoms with Crippen LogP contribution < -0.4 is 19.8 Å². The number of rotatable bonds is 6. The highest BCUT2D eigenvalue weighted by Gasteiger charge is 2.57. The Morgan fingerprint density at radius 1 is 0.977 bits per heavy atom. The third kappa shape index (κ3) is 5.60. The van der Waals surface area contributed by atoms with Gasteiger partial charge in [-0.1, -0.05) is 70.6 Å². The number of ether oxygens (including phenoxy) is 1. The molecule has 0 aliphatic carbocycles. The van der Waals surface area contributed by atoms with E-state index < -0.39 is 58.0 Å². The van der Waals surface area contributed by atoms with Crippen LogP contribution >= 0.6 is 46.3 Å². The molecule has 44 heavy (non-hydrogen) atoms. The Bertz CT molecular complexity index is 1880. The van der Waals surface area contributed by atoms with Gasteiger partial charge in [0, 0.05) is 22.0 Å². The Balaban J connectivity index is 1.33. The Kier molecular flexibility index (Phi) is 7.99. The van der Waals surface area contributed by atoms with Gasteiger partial charge in [-0.3, -0.25) is 19.2 Å². The first-order chi connectivity index (χ1) is 20.9. The van der Waals surface area contributed by atoms with Gasteiger partial charge in [0.25, 0.3) is 5.91 Å². The first-order valence-electron chi connectivity index (χ1n) is 12.8. The van der Waals surface area contributed by atoms with E-state index in [1.165, 1.54) is 18.2 Å². The first-order valence-corrected chi connectivity index (χ1v) is 15.3. The molecule has 8 nitrogen and oxygen atoms in total. The molecule has 2 N–H and O–H groups in total. The molecule has 3 aromatic carbocycles. The molecule has 3 amide bonds. The summed E-state index contributed by atoms with van der Waals surface area (Å²) in [5.41, 5.74) is -0.395. The molecular weight excluding hydrogens is 662 g/mol. The van der Waals surface area contributed by atoms with E-state index in [4.69, 9.17) is 27.9 Å². The number of thioether (sulfide) groups is 1. The molecule has 1 fully saturated rings. The summed E-state index contributed by atoms with van der Waals surface area (Å²) in [6, 6.07) is 15.1. The van der Waals surface area contributed by atoms with Gasteiger partial charge in [0.1, 0.15) is 11.0 Å². The van der Waals surface area contributed by atoms with E-state index in [2.05, 4.69) is 10.3 Å². The maximum absolute atomic E-state index is 13.9. The van der Waals surface area contributed by atoms with Crippen LogP contribution in [0.2, 0.25) is 10.0 Å². The molecule has 0 saturated carbocycles. The molecule has 6 rings (SSSR count). The number of nitrogens with zero attached hydrogens (tertiary/aromatic N) is 1. The van der Waals surface area contributed by atoms with Crippen LogP contribution in [0.1, 0.15) is 21.9 Å². The monoisotopic (exact) mass is 679 g/mol. The first kappa shape index (κ1) is 30.3. The molecule has 4 aromatic rings. The third-order valence-electron chi connectivity index (χ3n) is 7.07. The van der Waals surface area contributed by atoms with Crippen molar-refractivity contribution in [1.82, 2.24) is 4.98 Å². The number of fused-ring (bicyclic) bond motifs is 2. The Morgan fingerprint density at radius 3 is 2.50 bits per heavy atom. The normalized spacial score (nSPS) is 19.5. The lowest BCUT2D eigenvalue weighted by Gasteiger charge is -2.30. The van der Waals surface area contributed by atoms with Crippen molar-refractivity contribution in [3.05, 3.63) is 102 Å². The fourth-order valence-corrected chi connectivity index (χ4v) is 8.02. The van der Waals surface area contributed by atoms with Crippen molar-refractivity contribution in [2.75, 3.05) is 16.8 Å². The number of nitrogens with one attached hydrogen (secondary N) is 2. The van der Waals surface area contributed by atoms with Gasteiger partial charge < -0.3 is 15.0 Å². The van der Waals surface area contributed by atoms with Crippen molar-refractivity contribution in [2.24, 2.45) is 5.92 Å². The van der Waals surface area contributed by atoms with Gasteiger partial charge in [-0.25, -0.2) is 4.90 Å². The molecule has 2 aliphatic heterocycles. The van der Waals surface area contributed by atoms with E-state index in [1.54, 1.807) is 30.3 Å². The minimum atomic E-state index is -4.68. The minimum Gasteiger partial charge on any atom is -0.483 e. The number of H-pyrrole nitrogens is 1. The SMILES string of the molecule is O=C(COc1ccccc1[C@H]1c2sc(=O)[nH]c2SC2C(=O)N(c3cccc(C(F)(F)F)c3)C(=O)C21)Nc1ccc(Cl)c(Cl)c1. The van der Waals surface area contributed by atoms with E-state index in [0.29, 0.717) is 26.2 Å². The van der Waals surface area contributed by atoms with E-state index in [1.807, 2.05) is 0 Å². The molecule has 15 heteroatoms. The predicted molar refractivity (Wildman–Crippen MR) is 161 cm³/mol. The van der Waals surface area contributed by atoms with Crippen LogP contribution in [0.5, 0.6) is 5.75 Å². The van der Waals surface area contributed by atoms with Crippen LogP contribution in [0.4, 0.5) is 24.5 Å². The van der Waals surface area contributed by atoms with E-state index in [-0.39, 0.29) is 16.5 Å². The molecule has 226 valence electrons. The predicted octanol–water partition coefficient (Wildman–Crippen LogP) is 6.58. The molecule has 0 bridgehead atoms. The van der Waals surface area contributed by atoms with E-state index >= 15 is 0 Å². The number of para-hydroxylation sites is 1. The van der Waals surface area contributed by atoms with Crippen LogP contribution in [0, 0.1) is 5.92 Å². The summed E-state index contributed by atoms with van der Waals surface area (Å²) < 4.78 is 46.2. The molecule has 0 radical (unpaired) electrons. The number of halogens is 5. The number of amides is 3. The van der Waals surface area contributed by atoms with Crippen molar-refractivity contribution >= 4 is 75.4 Å². The standard InChI is InChI=1S/C29H18Cl2F3N3O5S2/c30-17-9-8-14(11-18(17)31)35-20(38)12-42-19-7-2-1-6-16(19)21-22-24(43-25-23(21)44-28(41)36-25)27(40)37(26(22)39)15-5-3-4-13(10-15)29(32,33)34/h1-11,21-22,24H,12H2,(H,35,38)(H,36,41)/t21-,22?,24?/m1/s1. The topological polar surface area (TPSA) is 109 Å². The largest absolute Gasteiger partial charge is 0.483 e. The highest BCUT2D eigenvalue weighted by molar-refractivity contribution is 8.00. The summed E-state index contributed by atoms with van der Waals surface area (Å²) in [5.74, 6) is -3.67. The number of hydrogen-bond donors (Lipinski definition) is 2. The maximum atomic E-state index is 13.9. The fraction of sp³-hybridized carbons (Fsp3) is 0.172. The van der Waals surface area contributed by atoms with Gasteiger partial charge in [-0.2, -0.15) is 13.2 Å². The summed E-state index contributed by atoms with van der Waals surface area (Å²) in [4.78, 5) is 56.2. The number of benzene rings is 3. The number of carbonyl (C=O) groups is 3. The zero-order valence-corrected chi connectivity index (χ0v) is 25.1. The molecule has 2 unspecified atom stereocenters. The summed E-state index contributed by atoms with van der Waals surface area (Å²) in [6.07, 6.45) is -4.68. The number of aromatic nitrogens is 1. The average Bonchev–Trinajstić information content (AvgIpc) is 3.47. The second kappa shape index (κ2) is 11.6. The van der Waals surface area contributed by atoms with Crippen LogP contribution in [0.3, 0.4) is 0 Å². The Morgan fingerprint density at radius 2 is 1.75 bits per heavy atom. The quantitative estimate of drug-likeness (QED) is 0.223. The van der Waals surface area contributed by atoms with Crippen LogP contribution in [0.25, 0.3) is 0 Å². The minimum absolute atomic E-state index is 0.205. The maximum Gasteiger partial charge on any atom is 0.416 e. The summed E-state index contributed by atoms with van der Waals surface area (Å²) in [7, 11) is 0. The third-order valence-corrected chi connectivity index (χ3v) is 10.2. The number of carbonyl (C=O) groups excluding carboxylic acids is 3. The molecule has 2 aliphatic rings. The van der Waals surface area contributed by atoms with Gasteiger partial charge in [0.2, 0.25) is 11.8 Å². The van der Waals surface area contributed by atoms with Crippen molar-refractivity contribution in [3.8, 4) is 5.75 Å². The zero-order chi connectivity index (χ0) is 31.3. The van der Waals surface area contributed by atoms with Crippen molar-refractivity contribution in [2.45, 2.75) is 22.4 Å². The van der Waals surface area contributed by atoms with Crippen LogP contribution in [0.15, 0.2) is 76.6 Å². The van der Waals surface area contributed by atoms with Crippen LogP contribution in [-0.4, -0.2) is 34.6 Å². The van der Waals surface area contributed by atoms with Gasteiger partial charge >= 0.3 is 11.0 Å². The number of hydrogen-bond acceptors (Lipinski definition) is 7. The summed E-state index contributed by atoms with van der Waals surface area (Å²) in [5, 5.41) is 2.55. The molecular formula is C29H18Cl2F3N3O5S2. The smallest absolute Gasteiger partial charge is 0.416 e. The lowest BCUT2D eigenvalue weighted by molar-refractivity contribution is -0.137. The molecule has 3 atom stereocenters. The second-order valence-corrected chi connectivity index (χ2v) is 12.8. The molecule has 0 spiro atoms. The number of aromatic amines is 1. The van der Waals surface area contributed by atoms with Crippen molar-refractivity contribution in [1.29, 1.82) is 0 Å². The Hall–Kier alpha value is -3.78. The van der Waals surface area contributed by atoms with Gasteiger partial charge in [0.05, 0.1) is 32.2 Å². The number of imide groups is 1. The van der Waals surface area contributed by atoms with E-state index in [9.17, 15) is 32.3 Å². The van der Waals surface area contributed by atoms with Crippen molar-refractivity contribution in [3.63, 3.8) is 0 Å². The summed E-state index contributed by atoms with van der Waals surface area (Å²) >= 11 is 13.8. The van der Waals surface area contributed by atoms with Gasteiger partial charge in [-0.05, 0) is 42.5 Å². The lowest BCUT2D eigenvalue weighted by Crippen LogP contribution is -2.32. The molecule has 1 aromatic heterocycles. The molecule has 3 heterocycles. The number of thiazole rings is 1. The zero-order valence-electron chi connectivity index (χ0n) is 22.0. The lowest BCUT2D eigenvalue weighted by atomic mass is 9.82. The van der Waals surface area contributed by atoms with E-state index in [0.717, 1.165) is 46.2 Å². The second-order valence-electron chi connectivity index (χ2n) is 9.81. The number of anilines is 2. The van der Waals surface area contributed by atoms with Gasteiger partial charge in [0.15, 0.2) is 6.61 Å². The van der Waals surface area contributed by atoms with Gasteiger partial charge in [-0.15, -0.1) is 0 Å². The number of alkyl halides is 3.